The van der Waals surface area contributed by atoms with E-state index in [0.29, 0.717) is 6.04 Å². The molecule has 18 heavy (non-hydrogen) atoms. The van der Waals surface area contributed by atoms with Gasteiger partial charge in [0, 0.05) is 23.1 Å². The van der Waals surface area contributed by atoms with Gasteiger partial charge in [0.25, 0.3) is 0 Å². The molecule has 96 valence electrons. The summed E-state index contributed by atoms with van der Waals surface area (Å²) in [7, 11) is 0. The number of likely N-dealkylation sites (tertiary alicyclic amines) is 1. The van der Waals surface area contributed by atoms with Crippen LogP contribution in [-0.4, -0.2) is 33.4 Å². The fourth-order valence-electron chi connectivity index (χ4n) is 2.92. The maximum absolute atomic E-state index is 4.58. The molecule has 0 radical (unpaired) electrons. The van der Waals surface area contributed by atoms with Gasteiger partial charge in [-0.25, -0.2) is 4.98 Å². The molecule has 0 saturated carbocycles. The Labute approximate surface area is 116 Å². The van der Waals surface area contributed by atoms with Gasteiger partial charge in [-0.05, 0) is 54.0 Å². The van der Waals surface area contributed by atoms with Crippen LogP contribution in [0.15, 0.2) is 29.0 Å². The van der Waals surface area contributed by atoms with Crippen LogP contribution >= 0.6 is 15.9 Å². The highest BCUT2D eigenvalue weighted by molar-refractivity contribution is 9.10. The van der Waals surface area contributed by atoms with Gasteiger partial charge in [0.15, 0.2) is 0 Å². The smallest absolute Gasteiger partial charge is 0.114 e. The maximum Gasteiger partial charge on any atom is 0.114 e. The Morgan fingerprint density at radius 2 is 2.33 bits per heavy atom. The molecule has 1 fully saturated rings. The third kappa shape index (κ3) is 2.19. The molecular weight excluding hydrogens is 290 g/mol. The molecule has 2 aromatic rings. The van der Waals surface area contributed by atoms with Crippen molar-refractivity contribution in [3.05, 3.63) is 34.8 Å². The van der Waals surface area contributed by atoms with Gasteiger partial charge in [-0.15, -0.1) is 0 Å². The van der Waals surface area contributed by atoms with Crippen molar-refractivity contribution in [2.45, 2.75) is 32.2 Å². The number of nitrogens with zero attached hydrogens (tertiary/aromatic N) is 3. The highest BCUT2D eigenvalue weighted by Gasteiger charge is 2.24. The number of fused-ring (bicyclic) bond motifs is 1. The molecule has 1 atom stereocenters. The van der Waals surface area contributed by atoms with Gasteiger partial charge in [0.05, 0.1) is 11.7 Å². The summed E-state index contributed by atoms with van der Waals surface area (Å²) >= 11 is 3.53. The summed E-state index contributed by atoms with van der Waals surface area (Å²) < 4.78 is 3.31. The Hall–Kier alpha value is -0.870. The first-order valence-electron chi connectivity index (χ1n) is 6.63. The SMILES string of the molecule is CCN1CCCC1Cc1ncc2ccc(Br)cn12. The van der Waals surface area contributed by atoms with Crippen molar-refractivity contribution in [2.24, 2.45) is 0 Å². The number of halogens is 1. The number of aromatic nitrogens is 2. The van der Waals surface area contributed by atoms with E-state index in [-0.39, 0.29) is 0 Å². The first kappa shape index (κ1) is 12.2. The van der Waals surface area contributed by atoms with E-state index in [1.54, 1.807) is 0 Å². The van der Waals surface area contributed by atoms with Crippen LogP contribution in [0.3, 0.4) is 0 Å². The minimum atomic E-state index is 0.666. The molecule has 3 rings (SSSR count). The number of hydrogen-bond acceptors (Lipinski definition) is 2. The first-order valence-corrected chi connectivity index (χ1v) is 7.43. The van der Waals surface area contributed by atoms with E-state index in [2.05, 4.69) is 55.5 Å². The highest BCUT2D eigenvalue weighted by Crippen LogP contribution is 2.21. The molecule has 4 heteroatoms. The minimum absolute atomic E-state index is 0.666. The quantitative estimate of drug-likeness (QED) is 0.868. The highest BCUT2D eigenvalue weighted by atomic mass is 79.9. The minimum Gasteiger partial charge on any atom is -0.303 e. The molecule has 1 unspecified atom stereocenters. The molecule has 0 amide bonds. The van der Waals surface area contributed by atoms with Crippen LogP contribution in [-0.2, 0) is 6.42 Å². The van der Waals surface area contributed by atoms with Crippen LogP contribution in [0.25, 0.3) is 5.52 Å². The molecule has 0 N–H and O–H groups in total. The van der Waals surface area contributed by atoms with Crippen LogP contribution in [0, 0.1) is 0 Å². The van der Waals surface area contributed by atoms with Gasteiger partial charge in [-0.2, -0.15) is 0 Å². The summed E-state index contributed by atoms with van der Waals surface area (Å²) in [4.78, 5) is 7.15. The van der Waals surface area contributed by atoms with Crippen molar-refractivity contribution >= 4 is 21.4 Å². The lowest BCUT2D eigenvalue weighted by Gasteiger charge is -2.22. The summed E-state index contributed by atoms with van der Waals surface area (Å²) in [6, 6.07) is 4.83. The number of rotatable bonds is 3. The standard InChI is InChI=1S/C14H18BrN3/c1-2-17-7-3-4-12(17)8-14-16-9-13-6-5-11(15)10-18(13)14/h5-6,9-10,12H,2-4,7-8H2,1H3. The second-order valence-corrected chi connectivity index (χ2v) is 5.86. The summed E-state index contributed by atoms with van der Waals surface area (Å²) in [5, 5.41) is 0. The van der Waals surface area contributed by atoms with E-state index in [1.807, 2.05) is 6.20 Å². The lowest BCUT2D eigenvalue weighted by atomic mass is 10.1. The second kappa shape index (κ2) is 5.02. The van der Waals surface area contributed by atoms with Crippen LogP contribution in [0.1, 0.15) is 25.6 Å². The number of likely N-dealkylation sites (N-methyl/N-ethyl adjacent to an activating group) is 1. The topological polar surface area (TPSA) is 20.5 Å². The normalized spacial score (nSPS) is 20.9. The predicted octanol–water partition coefficient (Wildman–Crippen LogP) is 3.12. The fraction of sp³-hybridized carbons (Fsp3) is 0.500. The second-order valence-electron chi connectivity index (χ2n) is 4.95. The van der Waals surface area contributed by atoms with Crippen molar-refractivity contribution in [3.63, 3.8) is 0 Å². The zero-order chi connectivity index (χ0) is 12.5. The molecule has 1 saturated heterocycles. The molecule has 3 nitrogen and oxygen atoms in total. The van der Waals surface area contributed by atoms with Gasteiger partial charge < -0.3 is 9.30 Å². The number of pyridine rings is 1. The monoisotopic (exact) mass is 307 g/mol. The molecule has 2 aromatic heterocycles. The number of imidazole rings is 1. The zero-order valence-corrected chi connectivity index (χ0v) is 12.2. The fourth-order valence-corrected chi connectivity index (χ4v) is 3.26. The zero-order valence-electron chi connectivity index (χ0n) is 10.6. The lowest BCUT2D eigenvalue weighted by Crippen LogP contribution is -2.31. The van der Waals surface area contributed by atoms with Crippen molar-refractivity contribution in [2.75, 3.05) is 13.1 Å². The Kier molecular flexibility index (Phi) is 3.39. The van der Waals surface area contributed by atoms with E-state index < -0.39 is 0 Å². The van der Waals surface area contributed by atoms with Crippen LogP contribution in [0.2, 0.25) is 0 Å². The van der Waals surface area contributed by atoms with Gasteiger partial charge >= 0.3 is 0 Å². The van der Waals surface area contributed by atoms with Crippen molar-refractivity contribution in [3.8, 4) is 0 Å². The molecule has 3 heterocycles. The molecule has 0 spiro atoms. The Morgan fingerprint density at radius 1 is 1.44 bits per heavy atom. The molecule has 1 aliphatic heterocycles. The summed E-state index contributed by atoms with van der Waals surface area (Å²) in [6.45, 7) is 4.64. The first-order chi connectivity index (χ1) is 8.78. The Balaban J connectivity index is 1.88. The average molecular weight is 308 g/mol. The van der Waals surface area contributed by atoms with Gasteiger partial charge in [0.1, 0.15) is 5.82 Å². The van der Waals surface area contributed by atoms with Gasteiger partial charge in [0.2, 0.25) is 0 Å². The average Bonchev–Trinajstić information content (AvgIpc) is 2.97. The summed E-state index contributed by atoms with van der Waals surface area (Å²) in [5.74, 6) is 1.18. The van der Waals surface area contributed by atoms with E-state index in [4.69, 9.17) is 0 Å². The van der Waals surface area contributed by atoms with Crippen LogP contribution in [0.4, 0.5) is 0 Å². The molecule has 1 aliphatic rings. The van der Waals surface area contributed by atoms with E-state index >= 15 is 0 Å². The van der Waals surface area contributed by atoms with Crippen LogP contribution in [0.5, 0.6) is 0 Å². The summed E-state index contributed by atoms with van der Waals surface area (Å²) in [5.41, 5.74) is 1.18. The van der Waals surface area contributed by atoms with Crippen molar-refractivity contribution in [1.29, 1.82) is 0 Å². The lowest BCUT2D eigenvalue weighted by molar-refractivity contribution is 0.263. The Bertz CT molecular complexity index is 549. The van der Waals surface area contributed by atoms with Crippen molar-refractivity contribution in [1.82, 2.24) is 14.3 Å². The van der Waals surface area contributed by atoms with Crippen LogP contribution < -0.4 is 0 Å². The Morgan fingerprint density at radius 3 is 3.17 bits per heavy atom. The molecule has 0 aliphatic carbocycles. The van der Waals surface area contributed by atoms with E-state index in [0.717, 1.165) is 17.4 Å². The van der Waals surface area contributed by atoms with Gasteiger partial charge in [-0.1, -0.05) is 6.92 Å². The third-order valence-corrected chi connectivity index (χ3v) is 4.36. The van der Waals surface area contributed by atoms with Gasteiger partial charge in [-0.3, -0.25) is 0 Å². The largest absolute Gasteiger partial charge is 0.303 e. The molecule has 0 aromatic carbocycles. The molecular formula is C14H18BrN3. The molecule has 0 bridgehead atoms. The van der Waals surface area contributed by atoms with Crippen molar-refractivity contribution < 1.29 is 0 Å². The third-order valence-electron chi connectivity index (χ3n) is 3.89. The maximum atomic E-state index is 4.58. The van der Waals surface area contributed by atoms with E-state index in [1.165, 1.54) is 30.7 Å². The predicted molar refractivity (Wildman–Crippen MR) is 76.9 cm³/mol. The van der Waals surface area contributed by atoms with E-state index in [9.17, 15) is 0 Å². The summed E-state index contributed by atoms with van der Waals surface area (Å²) in [6.07, 6.45) is 7.76. The number of hydrogen-bond donors (Lipinski definition) is 0.